The molecule has 1 amide bonds. The summed E-state index contributed by atoms with van der Waals surface area (Å²) < 4.78 is 20.9. The number of primary sulfonamides is 1. The number of carbonyl (C=O) groups is 1. The third kappa shape index (κ3) is 5.59. The van der Waals surface area contributed by atoms with E-state index in [-0.39, 0.29) is 18.2 Å². The van der Waals surface area contributed by atoms with Gasteiger partial charge in [-0.15, -0.1) is 0 Å². The Labute approximate surface area is 77.7 Å². The Kier molecular flexibility index (Phi) is 3.27. The van der Waals surface area contributed by atoms with Crippen LogP contribution in [0.2, 0.25) is 0 Å². The molecular weight excluding hydrogens is 192 g/mol. The normalized spacial score (nSPS) is 17.0. The van der Waals surface area contributed by atoms with Crippen LogP contribution in [0.3, 0.4) is 0 Å². The fourth-order valence-corrected chi connectivity index (χ4v) is 1.38. The molecule has 6 heteroatoms. The van der Waals surface area contributed by atoms with Crippen LogP contribution < -0.4 is 10.5 Å². The summed E-state index contributed by atoms with van der Waals surface area (Å²) in [6, 6.07) is 0. The predicted molar refractivity (Wildman–Crippen MR) is 48.3 cm³/mol. The van der Waals surface area contributed by atoms with E-state index in [2.05, 4.69) is 5.32 Å². The average molecular weight is 206 g/mol. The number of nitrogens with one attached hydrogen (secondary N) is 1. The van der Waals surface area contributed by atoms with Crippen molar-refractivity contribution in [3.63, 3.8) is 0 Å². The second-order valence-corrected chi connectivity index (χ2v) is 5.10. The molecule has 1 rings (SSSR count). The zero-order chi connectivity index (χ0) is 9.90. The van der Waals surface area contributed by atoms with E-state index in [1.54, 1.807) is 0 Å². The molecule has 0 aromatic carbocycles. The molecule has 5 nitrogen and oxygen atoms in total. The van der Waals surface area contributed by atoms with Crippen molar-refractivity contribution < 1.29 is 13.2 Å². The predicted octanol–water partition coefficient (Wildman–Crippen LogP) is -0.809. The van der Waals surface area contributed by atoms with Crippen molar-refractivity contribution in [1.29, 1.82) is 0 Å². The van der Waals surface area contributed by atoms with Crippen LogP contribution in [0.1, 0.15) is 19.3 Å². The van der Waals surface area contributed by atoms with Crippen LogP contribution in [0.15, 0.2) is 0 Å². The third-order valence-corrected chi connectivity index (χ3v) is 2.65. The van der Waals surface area contributed by atoms with Crippen molar-refractivity contribution in [3.8, 4) is 0 Å². The highest BCUT2D eigenvalue weighted by molar-refractivity contribution is 7.89. The maximum absolute atomic E-state index is 11.0. The Bertz CT molecular complexity index is 282. The number of sulfonamides is 1. The molecule has 1 saturated carbocycles. The van der Waals surface area contributed by atoms with Crippen molar-refractivity contribution in [1.82, 2.24) is 5.32 Å². The summed E-state index contributed by atoms with van der Waals surface area (Å²) in [4.78, 5) is 11.0. The molecule has 0 bridgehead atoms. The first kappa shape index (κ1) is 10.5. The summed E-state index contributed by atoms with van der Waals surface area (Å²) in [7, 11) is -3.45. The molecule has 0 aromatic heterocycles. The molecule has 0 aromatic rings. The van der Waals surface area contributed by atoms with Crippen LogP contribution >= 0.6 is 0 Å². The molecule has 0 saturated heterocycles. The number of carbonyl (C=O) groups excluding carboxylic acids is 1. The average Bonchev–Trinajstić information content (AvgIpc) is 2.68. The van der Waals surface area contributed by atoms with Gasteiger partial charge in [0, 0.05) is 13.0 Å². The van der Waals surface area contributed by atoms with Crippen molar-refractivity contribution in [3.05, 3.63) is 0 Å². The maximum Gasteiger partial charge on any atom is 0.220 e. The lowest BCUT2D eigenvalue weighted by Crippen LogP contribution is -2.31. The zero-order valence-corrected chi connectivity index (χ0v) is 8.14. The van der Waals surface area contributed by atoms with Crippen LogP contribution in [0.25, 0.3) is 0 Å². The van der Waals surface area contributed by atoms with Crippen LogP contribution in [0, 0.1) is 5.92 Å². The minimum Gasteiger partial charge on any atom is -0.355 e. The van der Waals surface area contributed by atoms with E-state index >= 15 is 0 Å². The van der Waals surface area contributed by atoms with Crippen molar-refractivity contribution >= 4 is 15.9 Å². The van der Waals surface area contributed by atoms with Gasteiger partial charge in [0.15, 0.2) is 0 Å². The summed E-state index contributed by atoms with van der Waals surface area (Å²) in [5.74, 6) is 0.254. The van der Waals surface area contributed by atoms with Crippen molar-refractivity contribution in [2.75, 3.05) is 12.3 Å². The Morgan fingerprint density at radius 3 is 2.54 bits per heavy atom. The second-order valence-electron chi connectivity index (χ2n) is 3.36. The fourth-order valence-electron chi connectivity index (χ4n) is 0.989. The summed E-state index contributed by atoms with van der Waals surface area (Å²) in [6.07, 6.45) is 2.75. The molecule has 0 heterocycles. The maximum atomic E-state index is 11.0. The van der Waals surface area contributed by atoms with Crippen LogP contribution in [0.4, 0.5) is 0 Å². The summed E-state index contributed by atoms with van der Waals surface area (Å²) in [5, 5.41) is 7.27. The van der Waals surface area contributed by atoms with Gasteiger partial charge in [0.1, 0.15) is 0 Å². The number of rotatable bonds is 5. The van der Waals surface area contributed by atoms with Crippen LogP contribution in [-0.2, 0) is 14.8 Å². The van der Waals surface area contributed by atoms with Crippen LogP contribution in [0.5, 0.6) is 0 Å². The Hall–Kier alpha value is -0.620. The van der Waals surface area contributed by atoms with Gasteiger partial charge in [0.25, 0.3) is 0 Å². The lowest BCUT2D eigenvalue weighted by molar-refractivity contribution is -0.121. The molecule has 0 aliphatic heterocycles. The molecule has 0 radical (unpaired) electrons. The third-order valence-electron chi connectivity index (χ3n) is 1.88. The number of nitrogens with two attached hydrogens (primary N) is 1. The van der Waals surface area contributed by atoms with E-state index < -0.39 is 10.0 Å². The molecule has 0 unspecified atom stereocenters. The topological polar surface area (TPSA) is 89.3 Å². The molecule has 13 heavy (non-hydrogen) atoms. The summed E-state index contributed by atoms with van der Waals surface area (Å²) >= 11 is 0. The number of hydrogen-bond donors (Lipinski definition) is 2. The quantitative estimate of drug-likeness (QED) is 0.616. The highest BCUT2D eigenvalue weighted by Gasteiger charge is 2.24. The zero-order valence-electron chi connectivity index (χ0n) is 7.32. The molecule has 0 spiro atoms. The molecule has 76 valence electrons. The second kappa shape index (κ2) is 4.06. The SMILES string of the molecule is NS(=O)(=O)CCNC(=O)CC1CC1. The van der Waals surface area contributed by atoms with E-state index in [0.717, 1.165) is 12.8 Å². The van der Waals surface area contributed by atoms with Gasteiger partial charge in [-0.25, -0.2) is 13.6 Å². The first-order valence-corrected chi connectivity index (χ1v) is 5.96. The van der Waals surface area contributed by atoms with E-state index in [1.807, 2.05) is 0 Å². The monoisotopic (exact) mass is 206 g/mol. The van der Waals surface area contributed by atoms with Gasteiger partial charge < -0.3 is 5.32 Å². The molecule has 1 aliphatic rings. The first-order valence-electron chi connectivity index (χ1n) is 4.24. The first-order chi connectivity index (χ1) is 5.97. The molecule has 0 atom stereocenters. The molecular formula is C7H14N2O3S. The van der Waals surface area contributed by atoms with E-state index in [1.165, 1.54) is 0 Å². The van der Waals surface area contributed by atoms with Gasteiger partial charge in [0.05, 0.1) is 5.75 Å². The van der Waals surface area contributed by atoms with Gasteiger partial charge in [-0.2, -0.15) is 0 Å². The van der Waals surface area contributed by atoms with Gasteiger partial charge in [0.2, 0.25) is 15.9 Å². The standard InChI is InChI=1S/C7H14N2O3S/c8-13(11,12)4-3-9-7(10)5-6-1-2-6/h6H,1-5H2,(H,9,10)(H2,8,11,12). The smallest absolute Gasteiger partial charge is 0.220 e. The van der Waals surface area contributed by atoms with Crippen molar-refractivity contribution in [2.45, 2.75) is 19.3 Å². The van der Waals surface area contributed by atoms with E-state index in [0.29, 0.717) is 12.3 Å². The number of amides is 1. The highest BCUT2D eigenvalue weighted by atomic mass is 32.2. The minimum absolute atomic E-state index is 0.0776. The fraction of sp³-hybridized carbons (Fsp3) is 0.857. The molecule has 1 aliphatic carbocycles. The number of hydrogen-bond acceptors (Lipinski definition) is 3. The largest absolute Gasteiger partial charge is 0.355 e. The van der Waals surface area contributed by atoms with Gasteiger partial charge in [-0.05, 0) is 18.8 Å². The Balaban J connectivity index is 2.07. The van der Waals surface area contributed by atoms with E-state index in [9.17, 15) is 13.2 Å². The molecule has 1 fully saturated rings. The van der Waals surface area contributed by atoms with Gasteiger partial charge in [-0.3, -0.25) is 4.79 Å². The Morgan fingerprint density at radius 2 is 2.08 bits per heavy atom. The summed E-state index contributed by atoms with van der Waals surface area (Å²) in [6.45, 7) is 0.115. The lowest BCUT2D eigenvalue weighted by atomic mass is 10.3. The summed E-state index contributed by atoms with van der Waals surface area (Å²) in [5.41, 5.74) is 0. The highest BCUT2D eigenvalue weighted by Crippen LogP contribution is 2.31. The minimum atomic E-state index is -3.45. The van der Waals surface area contributed by atoms with Gasteiger partial charge in [-0.1, -0.05) is 0 Å². The van der Waals surface area contributed by atoms with Gasteiger partial charge >= 0.3 is 0 Å². The van der Waals surface area contributed by atoms with Crippen LogP contribution in [-0.4, -0.2) is 26.6 Å². The molecule has 3 N–H and O–H groups in total. The van der Waals surface area contributed by atoms with E-state index in [4.69, 9.17) is 5.14 Å². The Morgan fingerprint density at radius 1 is 1.46 bits per heavy atom. The van der Waals surface area contributed by atoms with Crippen molar-refractivity contribution in [2.24, 2.45) is 11.1 Å². The lowest BCUT2D eigenvalue weighted by Gasteiger charge is -2.02.